The number of benzene rings is 1. The third-order valence-corrected chi connectivity index (χ3v) is 4.26. The van der Waals surface area contributed by atoms with E-state index in [1.165, 1.54) is 0 Å². The molecule has 1 aromatic carbocycles. The lowest BCUT2D eigenvalue weighted by molar-refractivity contribution is -0.138. The topological polar surface area (TPSA) is 69.6 Å². The minimum absolute atomic E-state index is 0.0296. The van der Waals surface area contributed by atoms with Crippen molar-refractivity contribution in [1.82, 2.24) is 5.32 Å². The van der Waals surface area contributed by atoms with Crippen molar-refractivity contribution in [1.29, 1.82) is 0 Å². The lowest BCUT2D eigenvalue weighted by atomic mass is 10.2. The molecular formula is C10H10BrNO3S. The first-order valence-electron chi connectivity index (χ1n) is 4.67. The van der Waals surface area contributed by atoms with Crippen LogP contribution in [0.25, 0.3) is 0 Å². The minimum atomic E-state index is -0.826. The Hall–Kier alpha value is -0.720. The molecule has 0 bridgehead atoms. The van der Waals surface area contributed by atoms with E-state index in [0.29, 0.717) is 10.2 Å². The van der Waals surface area contributed by atoms with Gasteiger partial charge in [0.15, 0.2) is 0 Å². The van der Waals surface area contributed by atoms with Crippen molar-refractivity contribution in [2.24, 2.45) is 0 Å². The van der Waals surface area contributed by atoms with Crippen molar-refractivity contribution >= 4 is 33.7 Å². The highest BCUT2D eigenvalue weighted by Crippen LogP contribution is 2.35. The van der Waals surface area contributed by atoms with Gasteiger partial charge < -0.3 is 10.2 Å². The number of carboxylic acid groups (broad SMARTS) is 1. The Labute approximate surface area is 105 Å². The minimum Gasteiger partial charge on any atom is -0.507 e. The summed E-state index contributed by atoms with van der Waals surface area (Å²) in [6.45, 7) is 0. The standard InChI is InChI=1S/C10H10BrNO3S/c11-6-3-5(1-2-8(6)13)9-12-7(4-16-9)10(14)15/h1-3,7,9,12-13H,4H2,(H,14,15)/t7-,9+/m0/s1. The van der Waals surface area contributed by atoms with Crippen LogP contribution in [0.4, 0.5) is 0 Å². The van der Waals surface area contributed by atoms with Gasteiger partial charge in [0.05, 0.1) is 9.85 Å². The number of rotatable bonds is 2. The molecule has 4 nitrogen and oxygen atoms in total. The molecule has 3 N–H and O–H groups in total. The summed E-state index contributed by atoms with van der Waals surface area (Å²) >= 11 is 4.79. The monoisotopic (exact) mass is 303 g/mol. The number of hydrogen-bond donors (Lipinski definition) is 3. The molecule has 86 valence electrons. The molecule has 16 heavy (non-hydrogen) atoms. The second-order valence-electron chi connectivity index (χ2n) is 3.48. The van der Waals surface area contributed by atoms with Gasteiger partial charge in [-0.1, -0.05) is 6.07 Å². The van der Waals surface area contributed by atoms with E-state index in [1.54, 1.807) is 30.0 Å². The Morgan fingerprint density at radius 3 is 2.88 bits per heavy atom. The first kappa shape index (κ1) is 11.8. The Morgan fingerprint density at radius 1 is 1.56 bits per heavy atom. The fourth-order valence-corrected chi connectivity index (χ4v) is 3.11. The quantitative estimate of drug-likeness (QED) is 0.779. The van der Waals surface area contributed by atoms with Gasteiger partial charge in [-0.2, -0.15) is 0 Å². The van der Waals surface area contributed by atoms with E-state index in [9.17, 15) is 9.90 Å². The molecular weight excluding hydrogens is 294 g/mol. The number of aliphatic carboxylic acids is 1. The molecule has 6 heteroatoms. The predicted octanol–water partition coefficient (Wildman–Crippen LogP) is 1.94. The Kier molecular flexibility index (Phi) is 3.41. The predicted molar refractivity (Wildman–Crippen MR) is 65.6 cm³/mol. The zero-order valence-electron chi connectivity index (χ0n) is 8.18. The number of carbonyl (C=O) groups is 1. The molecule has 1 saturated heterocycles. The molecule has 1 heterocycles. The van der Waals surface area contributed by atoms with E-state index in [0.717, 1.165) is 5.56 Å². The van der Waals surface area contributed by atoms with Crippen molar-refractivity contribution in [3.8, 4) is 5.75 Å². The van der Waals surface area contributed by atoms with Crippen molar-refractivity contribution in [3.63, 3.8) is 0 Å². The summed E-state index contributed by atoms with van der Waals surface area (Å²) in [6.07, 6.45) is 0. The third kappa shape index (κ3) is 2.34. The number of phenolic OH excluding ortho intramolecular Hbond substituents is 1. The second-order valence-corrected chi connectivity index (χ2v) is 5.47. The van der Waals surface area contributed by atoms with Gasteiger partial charge in [-0.15, -0.1) is 11.8 Å². The summed E-state index contributed by atoms with van der Waals surface area (Å²) in [5.41, 5.74) is 0.957. The van der Waals surface area contributed by atoms with E-state index in [-0.39, 0.29) is 11.1 Å². The maximum Gasteiger partial charge on any atom is 0.321 e. The van der Waals surface area contributed by atoms with Gasteiger partial charge in [0.2, 0.25) is 0 Å². The lowest BCUT2D eigenvalue weighted by Gasteiger charge is -2.12. The Bertz CT molecular complexity index is 427. The normalized spacial score (nSPS) is 24.6. The number of thioether (sulfide) groups is 1. The van der Waals surface area contributed by atoms with Crippen LogP contribution in [-0.4, -0.2) is 28.0 Å². The fourth-order valence-electron chi connectivity index (χ4n) is 1.49. The summed E-state index contributed by atoms with van der Waals surface area (Å²) in [6, 6.07) is 4.68. The van der Waals surface area contributed by atoms with E-state index >= 15 is 0 Å². The highest BCUT2D eigenvalue weighted by Gasteiger charge is 2.30. The summed E-state index contributed by atoms with van der Waals surface area (Å²) in [5.74, 6) is -0.0900. The summed E-state index contributed by atoms with van der Waals surface area (Å²) in [7, 11) is 0. The largest absolute Gasteiger partial charge is 0.507 e. The molecule has 0 aliphatic carbocycles. The highest BCUT2D eigenvalue weighted by molar-refractivity contribution is 9.10. The molecule has 0 aromatic heterocycles. The van der Waals surface area contributed by atoms with Gasteiger partial charge in [-0.3, -0.25) is 10.1 Å². The zero-order chi connectivity index (χ0) is 11.7. The van der Waals surface area contributed by atoms with Crippen molar-refractivity contribution in [2.45, 2.75) is 11.4 Å². The van der Waals surface area contributed by atoms with Crippen molar-refractivity contribution in [2.75, 3.05) is 5.75 Å². The van der Waals surface area contributed by atoms with Gasteiger partial charge in [-0.25, -0.2) is 0 Å². The maximum atomic E-state index is 10.8. The van der Waals surface area contributed by atoms with E-state index in [4.69, 9.17) is 5.11 Å². The Morgan fingerprint density at radius 2 is 2.31 bits per heavy atom. The average molecular weight is 304 g/mol. The average Bonchev–Trinajstić information content (AvgIpc) is 2.71. The number of phenols is 1. The van der Waals surface area contributed by atoms with Crippen LogP contribution in [0.15, 0.2) is 22.7 Å². The molecule has 2 rings (SSSR count). The van der Waals surface area contributed by atoms with E-state index in [2.05, 4.69) is 21.2 Å². The molecule has 0 radical (unpaired) electrons. The number of carboxylic acids is 1. The lowest BCUT2D eigenvalue weighted by Crippen LogP contribution is -2.33. The number of hydrogen-bond acceptors (Lipinski definition) is 4. The SMILES string of the molecule is O=C(O)[C@@H]1CS[C@H](c2ccc(O)c(Br)c2)N1. The van der Waals surface area contributed by atoms with Crippen LogP contribution in [0.5, 0.6) is 5.75 Å². The molecule has 1 fully saturated rings. The van der Waals surface area contributed by atoms with Gasteiger partial charge in [-0.05, 0) is 33.6 Å². The number of nitrogens with one attached hydrogen (secondary N) is 1. The van der Waals surface area contributed by atoms with Crippen LogP contribution in [0.3, 0.4) is 0 Å². The van der Waals surface area contributed by atoms with Crippen LogP contribution in [0.2, 0.25) is 0 Å². The van der Waals surface area contributed by atoms with E-state index < -0.39 is 12.0 Å². The van der Waals surface area contributed by atoms with Crippen LogP contribution in [0.1, 0.15) is 10.9 Å². The second kappa shape index (κ2) is 4.65. The van der Waals surface area contributed by atoms with Gasteiger partial charge >= 0.3 is 5.97 Å². The molecule has 0 amide bonds. The molecule has 1 aromatic rings. The molecule has 0 unspecified atom stereocenters. The molecule has 1 aliphatic rings. The Balaban J connectivity index is 2.14. The zero-order valence-corrected chi connectivity index (χ0v) is 10.6. The first-order chi connectivity index (χ1) is 7.58. The smallest absolute Gasteiger partial charge is 0.321 e. The third-order valence-electron chi connectivity index (χ3n) is 2.35. The number of halogens is 1. The van der Waals surface area contributed by atoms with Gasteiger partial charge in [0.25, 0.3) is 0 Å². The van der Waals surface area contributed by atoms with Gasteiger partial charge in [0.1, 0.15) is 11.8 Å². The van der Waals surface area contributed by atoms with Crippen molar-refractivity contribution in [3.05, 3.63) is 28.2 Å². The van der Waals surface area contributed by atoms with Gasteiger partial charge in [0, 0.05) is 5.75 Å². The summed E-state index contributed by atoms with van der Waals surface area (Å²) < 4.78 is 0.617. The maximum absolute atomic E-state index is 10.8. The summed E-state index contributed by atoms with van der Waals surface area (Å²) in [5, 5.41) is 21.2. The summed E-state index contributed by atoms with van der Waals surface area (Å²) in [4.78, 5) is 10.8. The van der Waals surface area contributed by atoms with Crippen LogP contribution < -0.4 is 5.32 Å². The highest BCUT2D eigenvalue weighted by atomic mass is 79.9. The van der Waals surface area contributed by atoms with Crippen molar-refractivity contribution < 1.29 is 15.0 Å². The molecule has 0 saturated carbocycles. The fraction of sp³-hybridized carbons (Fsp3) is 0.300. The molecule has 0 spiro atoms. The first-order valence-corrected chi connectivity index (χ1v) is 6.51. The van der Waals surface area contributed by atoms with E-state index in [1.807, 2.05) is 0 Å². The number of aromatic hydroxyl groups is 1. The molecule has 2 atom stereocenters. The molecule has 1 aliphatic heterocycles. The van der Waals surface area contributed by atoms with Crippen LogP contribution >= 0.6 is 27.7 Å². The van der Waals surface area contributed by atoms with Crippen LogP contribution in [-0.2, 0) is 4.79 Å². The van der Waals surface area contributed by atoms with Crippen LogP contribution in [0, 0.1) is 0 Å².